The zero-order chi connectivity index (χ0) is 12.8. The van der Waals surface area contributed by atoms with Gasteiger partial charge in [0.25, 0.3) is 0 Å². The number of ether oxygens (including phenoxy) is 1. The molecule has 0 amide bonds. The minimum atomic E-state index is 0.619. The van der Waals surface area contributed by atoms with Crippen LogP contribution >= 0.6 is 11.6 Å². The molecule has 3 heteroatoms. The summed E-state index contributed by atoms with van der Waals surface area (Å²) in [7, 11) is 1.71. The first-order chi connectivity index (χ1) is 8.81. The fourth-order valence-electron chi connectivity index (χ4n) is 2.66. The van der Waals surface area contributed by atoms with Gasteiger partial charge in [0.2, 0.25) is 0 Å². The molecule has 2 atom stereocenters. The van der Waals surface area contributed by atoms with Gasteiger partial charge in [0.05, 0.1) is 7.11 Å². The van der Waals surface area contributed by atoms with E-state index in [1.807, 2.05) is 12.1 Å². The topological polar surface area (TPSA) is 21.3 Å². The van der Waals surface area contributed by atoms with Crippen LogP contribution in [0.15, 0.2) is 24.3 Å². The maximum Gasteiger partial charge on any atom is 0.119 e. The molecule has 1 aliphatic carbocycles. The van der Waals surface area contributed by atoms with E-state index in [1.54, 1.807) is 7.11 Å². The number of rotatable bonds is 5. The summed E-state index contributed by atoms with van der Waals surface area (Å²) in [6.07, 6.45) is 5.08. The van der Waals surface area contributed by atoms with Gasteiger partial charge in [-0.15, -0.1) is 11.6 Å². The summed E-state index contributed by atoms with van der Waals surface area (Å²) in [5.74, 6) is 2.43. The summed E-state index contributed by atoms with van der Waals surface area (Å²) >= 11 is 5.96. The van der Waals surface area contributed by atoms with E-state index in [1.165, 1.54) is 31.2 Å². The van der Waals surface area contributed by atoms with E-state index in [-0.39, 0.29) is 0 Å². The van der Waals surface area contributed by atoms with Gasteiger partial charge in [-0.3, -0.25) is 0 Å². The molecule has 1 saturated carbocycles. The number of halogens is 1. The van der Waals surface area contributed by atoms with Crippen molar-refractivity contribution < 1.29 is 4.74 Å². The first-order valence-corrected chi connectivity index (χ1v) is 7.27. The molecule has 0 spiro atoms. The van der Waals surface area contributed by atoms with Crippen molar-refractivity contribution in [2.75, 3.05) is 13.0 Å². The molecule has 2 unspecified atom stereocenters. The third-order valence-corrected chi connectivity index (χ3v) is 4.17. The van der Waals surface area contributed by atoms with Crippen molar-refractivity contribution in [2.24, 2.45) is 5.92 Å². The van der Waals surface area contributed by atoms with Crippen molar-refractivity contribution in [1.82, 2.24) is 5.32 Å². The molecule has 0 bridgehead atoms. The van der Waals surface area contributed by atoms with Crippen LogP contribution in [-0.4, -0.2) is 19.0 Å². The van der Waals surface area contributed by atoms with Crippen LogP contribution < -0.4 is 10.1 Å². The second-order valence-electron chi connectivity index (χ2n) is 5.12. The van der Waals surface area contributed by atoms with Gasteiger partial charge in [-0.05, 0) is 42.9 Å². The Kier molecular flexibility index (Phi) is 5.33. The van der Waals surface area contributed by atoms with Gasteiger partial charge in [-0.25, -0.2) is 0 Å². The molecule has 1 fully saturated rings. The van der Waals surface area contributed by atoms with Crippen LogP contribution in [-0.2, 0) is 6.54 Å². The Morgan fingerprint density at radius 3 is 3.06 bits per heavy atom. The molecule has 0 aromatic heterocycles. The molecule has 1 aromatic rings. The van der Waals surface area contributed by atoms with Crippen molar-refractivity contribution in [3.05, 3.63) is 29.8 Å². The van der Waals surface area contributed by atoms with Crippen LogP contribution in [0.25, 0.3) is 0 Å². The highest BCUT2D eigenvalue weighted by molar-refractivity contribution is 6.18. The number of hydrogen-bond donors (Lipinski definition) is 1. The third kappa shape index (κ3) is 3.89. The van der Waals surface area contributed by atoms with Crippen LogP contribution in [0, 0.1) is 5.92 Å². The lowest BCUT2D eigenvalue weighted by Gasteiger charge is -2.28. The van der Waals surface area contributed by atoms with Gasteiger partial charge in [-0.2, -0.15) is 0 Å². The summed E-state index contributed by atoms with van der Waals surface area (Å²) in [5.41, 5.74) is 1.28. The second-order valence-corrected chi connectivity index (χ2v) is 5.42. The highest BCUT2D eigenvalue weighted by Crippen LogP contribution is 2.25. The quantitative estimate of drug-likeness (QED) is 0.824. The van der Waals surface area contributed by atoms with E-state index in [2.05, 4.69) is 17.4 Å². The fraction of sp³-hybridized carbons (Fsp3) is 0.600. The Hall–Kier alpha value is -0.730. The third-order valence-electron chi connectivity index (χ3n) is 3.73. The minimum absolute atomic E-state index is 0.619. The second kappa shape index (κ2) is 7.01. The molecule has 0 heterocycles. The molecule has 1 aromatic carbocycles. The first-order valence-electron chi connectivity index (χ1n) is 6.74. The lowest BCUT2D eigenvalue weighted by molar-refractivity contribution is 0.303. The molecule has 100 valence electrons. The van der Waals surface area contributed by atoms with Crippen molar-refractivity contribution in [2.45, 2.75) is 38.3 Å². The standard InChI is InChI=1S/C15H22ClNO/c1-18-15-7-3-5-13(9-15)11-17-14-6-2-4-12(8-14)10-16/h3,5,7,9,12,14,17H,2,4,6,8,10-11H2,1H3. The van der Waals surface area contributed by atoms with Crippen LogP contribution in [0.1, 0.15) is 31.2 Å². The lowest BCUT2D eigenvalue weighted by atomic mass is 9.87. The van der Waals surface area contributed by atoms with Gasteiger partial charge < -0.3 is 10.1 Å². The zero-order valence-electron chi connectivity index (χ0n) is 11.0. The highest BCUT2D eigenvalue weighted by atomic mass is 35.5. The van der Waals surface area contributed by atoms with Crippen molar-refractivity contribution in [3.63, 3.8) is 0 Å². The summed E-state index contributed by atoms with van der Waals surface area (Å²) in [6, 6.07) is 8.87. The average Bonchev–Trinajstić information content (AvgIpc) is 2.45. The molecule has 2 nitrogen and oxygen atoms in total. The SMILES string of the molecule is COc1cccc(CNC2CCCC(CCl)C2)c1. The Morgan fingerprint density at radius 2 is 2.28 bits per heavy atom. The van der Waals surface area contributed by atoms with E-state index in [9.17, 15) is 0 Å². The predicted octanol–water partition coefficient (Wildman–Crippen LogP) is 3.58. The predicted molar refractivity (Wildman–Crippen MR) is 76.3 cm³/mol. The van der Waals surface area contributed by atoms with Crippen molar-refractivity contribution in [1.29, 1.82) is 0 Å². The maximum absolute atomic E-state index is 5.96. The molecule has 0 radical (unpaired) electrons. The number of nitrogens with one attached hydrogen (secondary N) is 1. The lowest BCUT2D eigenvalue weighted by Crippen LogP contribution is -2.34. The molecule has 1 N–H and O–H groups in total. The smallest absolute Gasteiger partial charge is 0.119 e. The van der Waals surface area contributed by atoms with Crippen molar-refractivity contribution in [3.8, 4) is 5.75 Å². The van der Waals surface area contributed by atoms with E-state index in [0.717, 1.165) is 18.2 Å². The summed E-state index contributed by atoms with van der Waals surface area (Å²) in [6.45, 7) is 0.914. The Bertz CT molecular complexity index is 369. The van der Waals surface area contributed by atoms with Crippen molar-refractivity contribution >= 4 is 11.6 Å². The van der Waals surface area contributed by atoms with E-state index < -0.39 is 0 Å². The number of benzene rings is 1. The molecule has 2 rings (SSSR count). The number of methoxy groups -OCH3 is 1. The fourth-order valence-corrected chi connectivity index (χ4v) is 2.94. The molecular formula is C15H22ClNO. The molecular weight excluding hydrogens is 246 g/mol. The molecule has 0 aliphatic heterocycles. The van der Waals surface area contributed by atoms with Crippen LogP contribution in [0.5, 0.6) is 5.75 Å². The number of alkyl halides is 1. The minimum Gasteiger partial charge on any atom is -0.497 e. The molecule has 0 saturated heterocycles. The Morgan fingerprint density at radius 1 is 1.39 bits per heavy atom. The molecule has 18 heavy (non-hydrogen) atoms. The highest BCUT2D eigenvalue weighted by Gasteiger charge is 2.20. The maximum atomic E-state index is 5.96. The van der Waals surface area contributed by atoms with Gasteiger partial charge in [-0.1, -0.05) is 18.6 Å². The largest absolute Gasteiger partial charge is 0.497 e. The van der Waals surface area contributed by atoms with Gasteiger partial charge >= 0.3 is 0 Å². The van der Waals surface area contributed by atoms with E-state index >= 15 is 0 Å². The van der Waals surface area contributed by atoms with E-state index in [0.29, 0.717) is 12.0 Å². The normalized spacial score (nSPS) is 23.9. The summed E-state index contributed by atoms with van der Waals surface area (Å²) < 4.78 is 5.24. The number of hydrogen-bond acceptors (Lipinski definition) is 2. The van der Waals surface area contributed by atoms with E-state index in [4.69, 9.17) is 16.3 Å². The Balaban J connectivity index is 1.83. The average molecular weight is 268 g/mol. The van der Waals surface area contributed by atoms with Gasteiger partial charge in [0, 0.05) is 18.5 Å². The van der Waals surface area contributed by atoms with Crippen LogP contribution in [0.2, 0.25) is 0 Å². The van der Waals surface area contributed by atoms with Gasteiger partial charge in [0.1, 0.15) is 5.75 Å². The summed E-state index contributed by atoms with van der Waals surface area (Å²) in [4.78, 5) is 0. The zero-order valence-corrected chi connectivity index (χ0v) is 11.7. The first kappa shape index (κ1) is 13.7. The van der Waals surface area contributed by atoms with Gasteiger partial charge in [0.15, 0.2) is 0 Å². The van der Waals surface area contributed by atoms with Crippen LogP contribution in [0.3, 0.4) is 0 Å². The summed E-state index contributed by atoms with van der Waals surface area (Å²) in [5, 5.41) is 3.64. The Labute approximate surface area is 115 Å². The molecule has 1 aliphatic rings. The monoisotopic (exact) mass is 267 g/mol. The van der Waals surface area contributed by atoms with Crippen LogP contribution in [0.4, 0.5) is 0 Å².